The predicted octanol–water partition coefficient (Wildman–Crippen LogP) is 4.16. The van der Waals surface area contributed by atoms with Crippen molar-refractivity contribution in [2.24, 2.45) is 0 Å². The van der Waals surface area contributed by atoms with Crippen LogP contribution in [0.5, 0.6) is 5.75 Å². The first-order valence-corrected chi connectivity index (χ1v) is 12.2. The average molecular weight is 458 g/mol. The van der Waals surface area contributed by atoms with E-state index in [1.54, 1.807) is 6.07 Å². The van der Waals surface area contributed by atoms with E-state index >= 15 is 0 Å². The first-order chi connectivity index (χ1) is 14.9. The van der Waals surface area contributed by atoms with Crippen molar-refractivity contribution in [1.82, 2.24) is 9.29 Å². The van der Waals surface area contributed by atoms with Gasteiger partial charge in [-0.2, -0.15) is 4.31 Å². The molecular formula is C22H23N3O4S2. The van der Waals surface area contributed by atoms with E-state index in [1.807, 2.05) is 36.6 Å². The van der Waals surface area contributed by atoms with E-state index in [2.05, 4.69) is 10.3 Å². The Hall–Kier alpha value is -2.75. The number of ether oxygens (including phenoxy) is 1. The summed E-state index contributed by atoms with van der Waals surface area (Å²) >= 11 is 1.32. The molecule has 3 aromatic rings. The second-order valence-corrected chi connectivity index (χ2v) is 10.1. The largest absolute Gasteiger partial charge is 0.495 e. The van der Waals surface area contributed by atoms with E-state index in [0.717, 1.165) is 29.7 Å². The molecule has 2 heterocycles. The highest BCUT2D eigenvalue weighted by atomic mass is 32.2. The zero-order valence-corrected chi connectivity index (χ0v) is 18.9. The Balaban J connectivity index is 1.57. The van der Waals surface area contributed by atoms with Crippen LogP contribution in [0.15, 0.2) is 52.7 Å². The van der Waals surface area contributed by atoms with Gasteiger partial charge in [0, 0.05) is 29.6 Å². The second kappa shape index (κ2) is 8.78. The molecule has 0 radical (unpaired) electrons. The minimum absolute atomic E-state index is 0.00373. The number of aromatic nitrogens is 1. The monoisotopic (exact) mass is 457 g/mol. The van der Waals surface area contributed by atoms with Crippen LogP contribution in [0.2, 0.25) is 0 Å². The number of hydrogen-bond donors (Lipinski definition) is 1. The van der Waals surface area contributed by atoms with Crippen molar-refractivity contribution in [2.75, 3.05) is 25.5 Å². The van der Waals surface area contributed by atoms with Gasteiger partial charge < -0.3 is 4.74 Å². The molecule has 0 atom stereocenters. The fourth-order valence-electron chi connectivity index (χ4n) is 3.44. The van der Waals surface area contributed by atoms with Crippen molar-refractivity contribution in [2.45, 2.75) is 24.7 Å². The Bertz CT molecular complexity index is 1200. The smallest absolute Gasteiger partial charge is 0.257 e. The van der Waals surface area contributed by atoms with Crippen LogP contribution in [0.3, 0.4) is 0 Å². The summed E-state index contributed by atoms with van der Waals surface area (Å²) < 4.78 is 32.8. The standard InChI is InChI=1S/C22H23N3O4S2/c1-15-5-7-16(8-6-15)18-14-30-22(23-18)24-21(26)17-9-10-19(29-2)20(13-17)31(27,28)25-11-3-4-12-25/h5-10,13-14H,3-4,11-12H2,1-2H3,(H,23,24,26). The van der Waals surface area contributed by atoms with Gasteiger partial charge in [0.25, 0.3) is 5.91 Å². The second-order valence-electron chi connectivity index (χ2n) is 7.33. The van der Waals surface area contributed by atoms with Crippen molar-refractivity contribution in [1.29, 1.82) is 0 Å². The lowest BCUT2D eigenvalue weighted by Crippen LogP contribution is -2.28. The normalized spacial score (nSPS) is 14.5. The number of carbonyl (C=O) groups excluding carboxylic acids is 1. The van der Waals surface area contributed by atoms with Gasteiger partial charge in [0.15, 0.2) is 5.13 Å². The van der Waals surface area contributed by atoms with Crippen LogP contribution in [0, 0.1) is 6.92 Å². The van der Waals surface area contributed by atoms with Gasteiger partial charge in [-0.3, -0.25) is 10.1 Å². The van der Waals surface area contributed by atoms with Crippen molar-refractivity contribution < 1.29 is 17.9 Å². The molecule has 31 heavy (non-hydrogen) atoms. The third-order valence-electron chi connectivity index (χ3n) is 5.18. The summed E-state index contributed by atoms with van der Waals surface area (Å²) in [6.45, 7) is 2.97. The fraction of sp³-hybridized carbons (Fsp3) is 0.273. The summed E-state index contributed by atoms with van der Waals surface area (Å²) in [6.07, 6.45) is 1.66. The number of methoxy groups -OCH3 is 1. The summed E-state index contributed by atoms with van der Waals surface area (Å²) in [7, 11) is -2.31. The van der Waals surface area contributed by atoms with Gasteiger partial charge in [0.1, 0.15) is 10.6 Å². The first-order valence-electron chi connectivity index (χ1n) is 9.90. The lowest BCUT2D eigenvalue weighted by molar-refractivity contribution is 0.102. The van der Waals surface area contributed by atoms with Crippen molar-refractivity contribution in [3.05, 3.63) is 59.0 Å². The molecule has 1 aliphatic heterocycles. The fourth-order valence-corrected chi connectivity index (χ4v) is 5.86. The van der Waals surface area contributed by atoms with E-state index in [1.165, 1.54) is 34.9 Å². The molecule has 7 nitrogen and oxygen atoms in total. The predicted molar refractivity (Wildman–Crippen MR) is 121 cm³/mol. The van der Waals surface area contributed by atoms with Gasteiger partial charge in [0.2, 0.25) is 10.0 Å². The van der Waals surface area contributed by atoms with Crippen LogP contribution in [0.4, 0.5) is 5.13 Å². The molecule has 0 bridgehead atoms. The molecule has 1 aromatic heterocycles. The van der Waals surface area contributed by atoms with Crippen molar-refractivity contribution >= 4 is 32.4 Å². The molecule has 9 heteroatoms. The van der Waals surface area contributed by atoms with E-state index in [0.29, 0.717) is 18.2 Å². The number of hydrogen-bond acceptors (Lipinski definition) is 6. The van der Waals surface area contributed by atoms with Crippen LogP contribution in [-0.2, 0) is 10.0 Å². The molecule has 0 unspecified atom stereocenters. The summed E-state index contributed by atoms with van der Waals surface area (Å²) in [6, 6.07) is 12.4. The van der Waals surface area contributed by atoms with E-state index < -0.39 is 15.9 Å². The van der Waals surface area contributed by atoms with Gasteiger partial charge in [-0.15, -0.1) is 11.3 Å². The molecular weight excluding hydrogens is 434 g/mol. The van der Waals surface area contributed by atoms with E-state index in [4.69, 9.17) is 4.74 Å². The highest BCUT2D eigenvalue weighted by Crippen LogP contribution is 2.31. The van der Waals surface area contributed by atoms with Gasteiger partial charge in [-0.1, -0.05) is 29.8 Å². The Morgan fingerprint density at radius 3 is 2.52 bits per heavy atom. The molecule has 162 valence electrons. The van der Waals surface area contributed by atoms with Crippen LogP contribution >= 0.6 is 11.3 Å². The molecule has 1 fully saturated rings. The van der Waals surface area contributed by atoms with Gasteiger partial charge >= 0.3 is 0 Å². The molecule has 4 rings (SSSR count). The van der Waals surface area contributed by atoms with Crippen LogP contribution < -0.4 is 10.1 Å². The summed E-state index contributed by atoms with van der Waals surface area (Å²) in [4.78, 5) is 17.3. The Kier molecular flexibility index (Phi) is 6.08. The number of nitrogens with zero attached hydrogens (tertiary/aromatic N) is 2. The lowest BCUT2D eigenvalue weighted by Gasteiger charge is -2.18. The Labute approximate surface area is 185 Å². The molecule has 1 N–H and O–H groups in total. The third-order valence-corrected chi connectivity index (χ3v) is 7.86. The van der Waals surface area contributed by atoms with Crippen molar-refractivity contribution in [3.8, 4) is 17.0 Å². The highest BCUT2D eigenvalue weighted by Gasteiger charge is 2.30. The first kappa shape index (κ1) is 21.5. The number of amides is 1. The van der Waals surface area contributed by atoms with Crippen LogP contribution in [-0.4, -0.2) is 43.8 Å². The summed E-state index contributed by atoms with van der Waals surface area (Å²) in [5.74, 6) is -0.204. The van der Waals surface area contributed by atoms with E-state index in [-0.39, 0.29) is 16.2 Å². The maximum Gasteiger partial charge on any atom is 0.257 e. The van der Waals surface area contributed by atoms with Gasteiger partial charge in [-0.25, -0.2) is 13.4 Å². The lowest BCUT2D eigenvalue weighted by atomic mass is 10.1. The SMILES string of the molecule is COc1ccc(C(=O)Nc2nc(-c3ccc(C)cc3)cs2)cc1S(=O)(=O)N1CCCC1. The Morgan fingerprint density at radius 1 is 1.13 bits per heavy atom. The zero-order valence-electron chi connectivity index (χ0n) is 17.3. The van der Waals surface area contributed by atoms with Gasteiger partial charge in [-0.05, 0) is 38.0 Å². The van der Waals surface area contributed by atoms with E-state index in [9.17, 15) is 13.2 Å². The zero-order chi connectivity index (χ0) is 22.0. The summed E-state index contributed by atoms with van der Waals surface area (Å²) in [5.41, 5.74) is 3.12. The molecule has 1 amide bonds. The molecule has 0 aliphatic carbocycles. The maximum atomic E-state index is 13.0. The van der Waals surface area contributed by atoms with Gasteiger partial charge in [0.05, 0.1) is 12.8 Å². The molecule has 2 aromatic carbocycles. The minimum Gasteiger partial charge on any atom is -0.495 e. The number of sulfonamides is 1. The van der Waals surface area contributed by atoms with Crippen molar-refractivity contribution in [3.63, 3.8) is 0 Å². The van der Waals surface area contributed by atoms with Crippen LogP contribution in [0.25, 0.3) is 11.3 Å². The highest BCUT2D eigenvalue weighted by molar-refractivity contribution is 7.89. The number of carbonyl (C=O) groups is 1. The topological polar surface area (TPSA) is 88.6 Å². The number of anilines is 1. The Morgan fingerprint density at radius 2 is 1.84 bits per heavy atom. The number of rotatable bonds is 6. The summed E-state index contributed by atoms with van der Waals surface area (Å²) in [5, 5.41) is 5.08. The maximum absolute atomic E-state index is 13.0. The third kappa shape index (κ3) is 4.48. The van der Waals surface area contributed by atoms with Crippen LogP contribution in [0.1, 0.15) is 28.8 Å². The number of aryl methyl sites for hydroxylation is 1. The quantitative estimate of drug-likeness (QED) is 0.600. The minimum atomic E-state index is -3.73. The average Bonchev–Trinajstić information content (AvgIpc) is 3.46. The number of nitrogens with one attached hydrogen (secondary N) is 1. The molecule has 0 spiro atoms. The molecule has 0 saturated carbocycles. The number of thiazole rings is 1. The molecule has 1 saturated heterocycles. The molecule has 1 aliphatic rings. The number of benzene rings is 2.